The fraction of sp³-hybridized carbons (Fsp3) is 0.214. The molecule has 4 nitrogen and oxygen atoms in total. The molecule has 1 aliphatic heterocycles. The number of nitrogens with zero attached hydrogens (tertiary/aromatic N) is 2. The molecule has 0 bridgehead atoms. The van der Waals surface area contributed by atoms with Gasteiger partial charge in [0.25, 0.3) is 0 Å². The van der Waals surface area contributed by atoms with Crippen LogP contribution in [0.4, 0.5) is 8.78 Å². The molecule has 1 saturated heterocycles. The van der Waals surface area contributed by atoms with Gasteiger partial charge >= 0.3 is 7.12 Å². The Hall–Kier alpha value is -2.94. The van der Waals surface area contributed by atoms with Gasteiger partial charge in [-0.15, -0.1) is 0 Å². The molecule has 36 heavy (non-hydrogen) atoms. The highest BCUT2D eigenvalue weighted by Gasteiger charge is 2.51. The summed E-state index contributed by atoms with van der Waals surface area (Å²) in [6, 6.07) is 17.0. The molecule has 0 unspecified atom stereocenters. The highest BCUT2D eigenvalue weighted by molar-refractivity contribution is 9.10. The van der Waals surface area contributed by atoms with Gasteiger partial charge in [-0.2, -0.15) is 0 Å². The van der Waals surface area contributed by atoms with Gasteiger partial charge in [0.05, 0.1) is 11.2 Å². The zero-order valence-electron chi connectivity index (χ0n) is 20.5. The molecule has 1 fully saturated rings. The van der Waals surface area contributed by atoms with E-state index in [-0.39, 0.29) is 11.6 Å². The molecule has 184 valence electrons. The van der Waals surface area contributed by atoms with E-state index in [2.05, 4.69) is 25.9 Å². The van der Waals surface area contributed by atoms with Crippen molar-refractivity contribution in [3.05, 3.63) is 102 Å². The molecular weight excluding hydrogens is 525 g/mol. The van der Waals surface area contributed by atoms with Crippen molar-refractivity contribution < 1.29 is 18.1 Å². The van der Waals surface area contributed by atoms with Crippen LogP contribution in [0, 0.1) is 11.6 Å². The number of pyridine rings is 2. The average Bonchev–Trinajstić information content (AvgIpc) is 3.07. The van der Waals surface area contributed by atoms with Crippen molar-refractivity contribution in [3.8, 4) is 22.3 Å². The summed E-state index contributed by atoms with van der Waals surface area (Å²) in [6.07, 6.45) is 6.66. The van der Waals surface area contributed by atoms with E-state index in [4.69, 9.17) is 9.31 Å². The van der Waals surface area contributed by atoms with Gasteiger partial charge in [-0.3, -0.25) is 9.97 Å². The van der Waals surface area contributed by atoms with Crippen LogP contribution < -0.4 is 5.46 Å². The summed E-state index contributed by atoms with van der Waals surface area (Å²) in [5, 5.41) is 0. The standard InChI is InChI=1S/C17H19BFNO2.C11H7BrFN/c1-16(2)17(3,4)22-18(21-16)13-9-12(10-20-11-13)14-7-5-6-8-15(14)19;12-9-5-8(6-14-7-9)10-3-1-2-4-11(10)13/h5-11H,1-4H3;1-7H. The van der Waals surface area contributed by atoms with E-state index in [9.17, 15) is 8.78 Å². The molecule has 3 heterocycles. The van der Waals surface area contributed by atoms with Gasteiger partial charge in [0.2, 0.25) is 0 Å². The van der Waals surface area contributed by atoms with Crippen LogP contribution >= 0.6 is 15.9 Å². The highest BCUT2D eigenvalue weighted by atomic mass is 79.9. The smallest absolute Gasteiger partial charge is 0.399 e. The number of aromatic nitrogens is 2. The van der Waals surface area contributed by atoms with Gasteiger partial charge in [0, 0.05) is 57.0 Å². The van der Waals surface area contributed by atoms with E-state index in [0.717, 1.165) is 15.5 Å². The third-order valence-corrected chi connectivity index (χ3v) is 6.79. The number of hydrogen-bond acceptors (Lipinski definition) is 4. The molecule has 5 rings (SSSR count). The second kappa shape index (κ2) is 10.6. The first kappa shape index (κ1) is 26.1. The molecular formula is C28H26BBrF2N2O2. The fourth-order valence-corrected chi connectivity index (χ4v) is 4.03. The van der Waals surface area contributed by atoms with E-state index >= 15 is 0 Å². The van der Waals surface area contributed by atoms with Crippen molar-refractivity contribution in [1.82, 2.24) is 9.97 Å². The molecule has 0 aliphatic carbocycles. The SMILES string of the molecule is CC1(C)OB(c2cncc(-c3ccccc3F)c2)OC1(C)C.Fc1ccccc1-c1cncc(Br)c1. The van der Waals surface area contributed by atoms with Gasteiger partial charge in [0.1, 0.15) is 11.6 Å². The first-order valence-corrected chi connectivity index (χ1v) is 12.3. The minimum atomic E-state index is -0.496. The Morgan fingerprint density at radius 2 is 1.17 bits per heavy atom. The molecule has 0 spiro atoms. The van der Waals surface area contributed by atoms with E-state index in [1.807, 2.05) is 39.8 Å². The lowest BCUT2D eigenvalue weighted by Gasteiger charge is -2.32. The Kier molecular flexibility index (Phi) is 7.69. The van der Waals surface area contributed by atoms with Crippen molar-refractivity contribution in [3.63, 3.8) is 0 Å². The van der Waals surface area contributed by atoms with Crippen molar-refractivity contribution in [1.29, 1.82) is 0 Å². The molecule has 4 aromatic rings. The number of rotatable bonds is 3. The van der Waals surface area contributed by atoms with Crippen LogP contribution in [0.2, 0.25) is 0 Å². The topological polar surface area (TPSA) is 44.2 Å². The first-order valence-electron chi connectivity index (χ1n) is 11.5. The third kappa shape index (κ3) is 5.72. The van der Waals surface area contributed by atoms with Crippen LogP contribution in [0.15, 0.2) is 89.9 Å². The maximum atomic E-state index is 13.9. The van der Waals surface area contributed by atoms with Crippen molar-refractivity contribution in [2.75, 3.05) is 0 Å². The Labute approximate surface area is 219 Å². The van der Waals surface area contributed by atoms with Gasteiger partial charge in [0.15, 0.2) is 0 Å². The number of halogens is 3. The van der Waals surface area contributed by atoms with Crippen molar-refractivity contribution in [2.24, 2.45) is 0 Å². The zero-order valence-corrected chi connectivity index (χ0v) is 22.1. The van der Waals surface area contributed by atoms with E-state index in [1.54, 1.807) is 61.2 Å². The Balaban J connectivity index is 0.000000187. The second-order valence-corrected chi connectivity index (χ2v) is 10.4. The average molecular weight is 551 g/mol. The predicted octanol–water partition coefficient (Wildman–Crippen LogP) is 6.84. The highest BCUT2D eigenvalue weighted by Crippen LogP contribution is 2.36. The van der Waals surface area contributed by atoms with Gasteiger partial charge in [-0.1, -0.05) is 42.5 Å². The van der Waals surface area contributed by atoms with Crippen LogP contribution in [-0.2, 0) is 9.31 Å². The maximum Gasteiger partial charge on any atom is 0.496 e. The lowest BCUT2D eigenvalue weighted by molar-refractivity contribution is 0.00578. The van der Waals surface area contributed by atoms with Crippen molar-refractivity contribution in [2.45, 2.75) is 38.9 Å². The summed E-state index contributed by atoms with van der Waals surface area (Å²) >= 11 is 3.30. The van der Waals surface area contributed by atoms with Crippen LogP contribution in [0.1, 0.15) is 27.7 Å². The summed E-state index contributed by atoms with van der Waals surface area (Å²) in [5.74, 6) is -0.497. The van der Waals surface area contributed by atoms with E-state index in [1.165, 1.54) is 12.1 Å². The molecule has 8 heteroatoms. The minimum Gasteiger partial charge on any atom is -0.399 e. The summed E-state index contributed by atoms with van der Waals surface area (Å²) in [7, 11) is -0.496. The Morgan fingerprint density at radius 1 is 0.694 bits per heavy atom. The monoisotopic (exact) mass is 550 g/mol. The van der Waals surface area contributed by atoms with Gasteiger partial charge in [-0.25, -0.2) is 8.78 Å². The van der Waals surface area contributed by atoms with Crippen LogP contribution in [0.5, 0.6) is 0 Å². The molecule has 2 aromatic heterocycles. The molecule has 0 radical (unpaired) electrons. The zero-order chi connectivity index (χ0) is 25.9. The fourth-order valence-electron chi connectivity index (χ4n) is 3.66. The second-order valence-electron chi connectivity index (χ2n) is 9.45. The minimum absolute atomic E-state index is 0.229. The van der Waals surface area contributed by atoms with Crippen molar-refractivity contribution >= 4 is 28.5 Å². The van der Waals surface area contributed by atoms with Crippen LogP contribution in [0.3, 0.4) is 0 Å². The van der Waals surface area contributed by atoms with E-state index in [0.29, 0.717) is 16.7 Å². The van der Waals surface area contributed by atoms with Gasteiger partial charge in [-0.05, 0) is 61.8 Å². The predicted molar refractivity (Wildman–Crippen MR) is 143 cm³/mol. The maximum absolute atomic E-state index is 13.9. The summed E-state index contributed by atoms with van der Waals surface area (Å²) < 4.78 is 40.2. The molecule has 0 saturated carbocycles. The van der Waals surface area contributed by atoms with Gasteiger partial charge < -0.3 is 9.31 Å². The summed E-state index contributed by atoms with van der Waals surface area (Å²) in [5.41, 5.74) is 2.55. The van der Waals surface area contributed by atoms with Crippen LogP contribution in [-0.4, -0.2) is 28.3 Å². The molecule has 0 atom stereocenters. The number of benzene rings is 2. The molecule has 1 aliphatic rings. The lowest BCUT2D eigenvalue weighted by Crippen LogP contribution is -2.41. The molecule has 0 amide bonds. The summed E-state index contributed by atoms with van der Waals surface area (Å²) in [6.45, 7) is 8.00. The lowest BCUT2D eigenvalue weighted by atomic mass is 9.79. The largest absolute Gasteiger partial charge is 0.496 e. The third-order valence-electron chi connectivity index (χ3n) is 6.36. The number of hydrogen-bond donors (Lipinski definition) is 0. The molecule has 0 N–H and O–H groups in total. The quantitative estimate of drug-likeness (QED) is 0.262. The normalized spacial score (nSPS) is 15.8. The first-order chi connectivity index (χ1) is 17.1. The molecule has 2 aromatic carbocycles. The Bertz CT molecular complexity index is 1350. The van der Waals surface area contributed by atoms with Crippen LogP contribution in [0.25, 0.3) is 22.3 Å². The summed E-state index contributed by atoms with van der Waals surface area (Å²) in [4.78, 5) is 8.20. The van der Waals surface area contributed by atoms with E-state index < -0.39 is 18.3 Å². The Morgan fingerprint density at radius 3 is 1.67 bits per heavy atom.